The van der Waals surface area contributed by atoms with Gasteiger partial charge in [0.15, 0.2) is 0 Å². The molecule has 0 amide bonds. The standard InChI is InChI=1S/C9H9Cl3O/c1-5-7(11)3-2-6(9(5)12)8(13)4-10/h2-3,8,13H,4H2,1H3/t8-/m0/s1. The van der Waals surface area contributed by atoms with Crippen LogP contribution >= 0.6 is 34.8 Å². The fraction of sp³-hybridized carbons (Fsp3) is 0.333. The summed E-state index contributed by atoms with van der Waals surface area (Å²) in [6.07, 6.45) is -0.731. The van der Waals surface area contributed by atoms with Crippen LogP contribution in [-0.2, 0) is 0 Å². The van der Waals surface area contributed by atoms with Gasteiger partial charge in [0.1, 0.15) is 0 Å². The van der Waals surface area contributed by atoms with Crippen LogP contribution in [0, 0.1) is 6.92 Å². The molecule has 1 N–H and O–H groups in total. The number of aliphatic hydroxyl groups is 1. The maximum atomic E-state index is 9.47. The molecular weight excluding hydrogens is 230 g/mol. The lowest BCUT2D eigenvalue weighted by atomic mass is 10.1. The Balaban J connectivity index is 3.18. The second kappa shape index (κ2) is 4.52. The molecule has 0 aliphatic rings. The summed E-state index contributed by atoms with van der Waals surface area (Å²) in [5, 5.41) is 10.5. The van der Waals surface area contributed by atoms with E-state index in [0.717, 1.165) is 5.56 Å². The number of hydrogen-bond donors (Lipinski definition) is 1. The van der Waals surface area contributed by atoms with Gasteiger partial charge in [-0.05, 0) is 18.6 Å². The predicted octanol–water partition coefficient (Wildman–Crippen LogP) is 3.57. The van der Waals surface area contributed by atoms with Crippen molar-refractivity contribution in [1.82, 2.24) is 0 Å². The number of rotatable bonds is 2. The Labute approximate surface area is 92.2 Å². The van der Waals surface area contributed by atoms with Crippen molar-refractivity contribution in [2.75, 3.05) is 5.88 Å². The molecule has 4 heteroatoms. The van der Waals surface area contributed by atoms with Gasteiger partial charge in [0, 0.05) is 10.6 Å². The summed E-state index contributed by atoms with van der Waals surface area (Å²) in [4.78, 5) is 0. The van der Waals surface area contributed by atoms with Gasteiger partial charge in [0.05, 0.1) is 17.0 Å². The summed E-state index contributed by atoms with van der Waals surface area (Å²) in [6.45, 7) is 1.80. The van der Waals surface area contributed by atoms with Crippen molar-refractivity contribution < 1.29 is 5.11 Å². The number of hydrogen-bond acceptors (Lipinski definition) is 1. The second-order valence-corrected chi connectivity index (χ2v) is 3.84. The van der Waals surface area contributed by atoms with Gasteiger partial charge in [-0.15, -0.1) is 11.6 Å². The largest absolute Gasteiger partial charge is 0.387 e. The van der Waals surface area contributed by atoms with Crippen LogP contribution in [0.2, 0.25) is 10.0 Å². The Morgan fingerprint density at radius 3 is 2.54 bits per heavy atom. The average molecular weight is 240 g/mol. The topological polar surface area (TPSA) is 20.2 Å². The highest BCUT2D eigenvalue weighted by atomic mass is 35.5. The summed E-state index contributed by atoms with van der Waals surface area (Å²) < 4.78 is 0. The molecule has 1 atom stereocenters. The van der Waals surface area contributed by atoms with Crippen LogP contribution in [-0.4, -0.2) is 11.0 Å². The molecule has 1 nitrogen and oxygen atoms in total. The van der Waals surface area contributed by atoms with Gasteiger partial charge in [0.25, 0.3) is 0 Å². The first-order valence-electron chi connectivity index (χ1n) is 3.76. The van der Waals surface area contributed by atoms with E-state index in [-0.39, 0.29) is 5.88 Å². The molecule has 0 aromatic heterocycles. The van der Waals surface area contributed by atoms with Gasteiger partial charge < -0.3 is 5.11 Å². The molecule has 72 valence electrons. The molecule has 0 fully saturated rings. The Hall–Kier alpha value is 0.0500. The molecular formula is C9H9Cl3O. The van der Waals surface area contributed by atoms with Crippen molar-refractivity contribution in [1.29, 1.82) is 0 Å². The number of aliphatic hydroxyl groups excluding tert-OH is 1. The Kier molecular flexibility index (Phi) is 3.87. The van der Waals surface area contributed by atoms with Gasteiger partial charge in [-0.1, -0.05) is 29.3 Å². The van der Waals surface area contributed by atoms with Crippen LogP contribution in [0.1, 0.15) is 17.2 Å². The molecule has 0 saturated heterocycles. The lowest BCUT2D eigenvalue weighted by molar-refractivity contribution is 0.202. The fourth-order valence-corrected chi connectivity index (χ4v) is 1.69. The Morgan fingerprint density at radius 2 is 2.00 bits per heavy atom. The van der Waals surface area contributed by atoms with E-state index < -0.39 is 6.10 Å². The van der Waals surface area contributed by atoms with Crippen molar-refractivity contribution in [3.63, 3.8) is 0 Å². The van der Waals surface area contributed by atoms with Gasteiger partial charge >= 0.3 is 0 Å². The van der Waals surface area contributed by atoms with Crippen molar-refractivity contribution in [3.05, 3.63) is 33.3 Å². The number of benzene rings is 1. The molecule has 0 radical (unpaired) electrons. The molecule has 0 aliphatic heterocycles. The fourth-order valence-electron chi connectivity index (χ4n) is 1.02. The quantitative estimate of drug-likeness (QED) is 0.782. The van der Waals surface area contributed by atoms with Gasteiger partial charge in [0.2, 0.25) is 0 Å². The normalized spacial score (nSPS) is 13.0. The smallest absolute Gasteiger partial charge is 0.0939 e. The highest BCUT2D eigenvalue weighted by Crippen LogP contribution is 2.31. The molecule has 0 spiro atoms. The van der Waals surface area contributed by atoms with E-state index in [2.05, 4.69) is 0 Å². The Morgan fingerprint density at radius 1 is 1.38 bits per heavy atom. The summed E-state index contributed by atoms with van der Waals surface area (Å²) in [5.74, 6) is 0.126. The SMILES string of the molecule is Cc1c(Cl)ccc([C@@H](O)CCl)c1Cl. The lowest BCUT2D eigenvalue weighted by Gasteiger charge is -2.11. The summed E-state index contributed by atoms with van der Waals surface area (Å²) in [7, 11) is 0. The molecule has 0 aliphatic carbocycles. The molecule has 13 heavy (non-hydrogen) atoms. The molecule has 0 bridgehead atoms. The third-order valence-corrected chi connectivity index (χ3v) is 3.06. The van der Waals surface area contributed by atoms with E-state index >= 15 is 0 Å². The molecule has 1 aromatic rings. The zero-order valence-electron chi connectivity index (χ0n) is 7.02. The zero-order chi connectivity index (χ0) is 10.0. The highest BCUT2D eigenvalue weighted by molar-refractivity contribution is 6.36. The van der Waals surface area contributed by atoms with E-state index in [1.807, 2.05) is 0 Å². The Bertz CT molecular complexity index is 312. The number of alkyl halides is 1. The lowest BCUT2D eigenvalue weighted by Crippen LogP contribution is -2.00. The van der Waals surface area contributed by atoms with Crippen molar-refractivity contribution >= 4 is 34.8 Å². The van der Waals surface area contributed by atoms with E-state index in [0.29, 0.717) is 15.6 Å². The van der Waals surface area contributed by atoms with E-state index in [4.69, 9.17) is 34.8 Å². The zero-order valence-corrected chi connectivity index (χ0v) is 9.29. The molecule has 1 aromatic carbocycles. The minimum absolute atomic E-state index is 0.126. The maximum Gasteiger partial charge on any atom is 0.0939 e. The first-order chi connectivity index (χ1) is 6.07. The monoisotopic (exact) mass is 238 g/mol. The molecule has 0 saturated carbocycles. The second-order valence-electron chi connectivity index (χ2n) is 2.75. The van der Waals surface area contributed by atoms with Crippen LogP contribution < -0.4 is 0 Å². The van der Waals surface area contributed by atoms with Gasteiger partial charge in [-0.2, -0.15) is 0 Å². The van der Waals surface area contributed by atoms with E-state index in [1.165, 1.54) is 0 Å². The van der Waals surface area contributed by atoms with Crippen molar-refractivity contribution in [3.8, 4) is 0 Å². The highest BCUT2D eigenvalue weighted by Gasteiger charge is 2.13. The van der Waals surface area contributed by atoms with Gasteiger partial charge in [-0.25, -0.2) is 0 Å². The summed E-state index contributed by atoms with van der Waals surface area (Å²) in [5.41, 5.74) is 1.39. The van der Waals surface area contributed by atoms with E-state index in [9.17, 15) is 5.11 Å². The molecule has 0 unspecified atom stereocenters. The first-order valence-corrected chi connectivity index (χ1v) is 5.05. The summed E-state index contributed by atoms with van der Waals surface area (Å²) >= 11 is 17.3. The van der Waals surface area contributed by atoms with Gasteiger partial charge in [-0.3, -0.25) is 0 Å². The van der Waals surface area contributed by atoms with Crippen LogP contribution in [0.5, 0.6) is 0 Å². The maximum absolute atomic E-state index is 9.47. The van der Waals surface area contributed by atoms with Crippen LogP contribution in [0.4, 0.5) is 0 Å². The third kappa shape index (κ3) is 2.29. The minimum Gasteiger partial charge on any atom is -0.387 e. The predicted molar refractivity (Wildman–Crippen MR) is 56.9 cm³/mol. The van der Waals surface area contributed by atoms with Crippen LogP contribution in [0.3, 0.4) is 0 Å². The van der Waals surface area contributed by atoms with Crippen molar-refractivity contribution in [2.24, 2.45) is 0 Å². The minimum atomic E-state index is -0.731. The van der Waals surface area contributed by atoms with E-state index in [1.54, 1.807) is 19.1 Å². The van der Waals surface area contributed by atoms with Crippen LogP contribution in [0.15, 0.2) is 12.1 Å². The molecule has 0 heterocycles. The first kappa shape index (κ1) is 11.1. The average Bonchev–Trinajstić information content (AvgIpc) is 2.13. The summed E-state index contributed by atoms with van der Waals surface area (Å²) in [6, 6.07) is 3.39. The third-order valence-electron chi connectivity index (χ3n) is 1.86. The van der Waals surface area contributed by atoms with Crippen molar-refractivity contribution in [2.45, 2.75) is 13.0 Å². The van der Waals surface area contributed by atoms with Crippen LogP contribution in [0.25, 0.3) is 0 Å². The molecule has 1 rings (SSSR count). The number of halogens is 3.